The Hall–Kier alpha value is -2.01. The number of rotatable bonds is 6. The van der Waals surface area contributed by atoms with Gasteiger partial charge in [0.15, 0.2) is 11.3 Å². The van der Waals surface area contributed by atoms with Crippen molar-refractivity contribution >= 4 is 87.1 Å². The molecule has 1 fully saturated rings. The fourth-order valence-corrected chi connectivity index (χ4v) is 4.91. The molecule has 3 rings (SSSR count). The van der Waals surface area contributed by atoms with E-state index in [2.05, 4.69) is 5.32 Å². The summed E-state index contributed by atoms with van der Waals surface area (Å²) < 4.78 is 4.75. The van der Waals surface area contributed by atoms with Gasteiger partial charge in [0.05, 0.1) is 39.2 Å². The number of hydroxylamine groups is 2. The van der Waals surface area contributed by atoms with Crippen molar-refractivity contribution in [1.29, 1.82) is 0 Å². The minimum absolute atomic E-state index is 0.0445. The van der Waals surface area contributed by atoms with E-state index < -0.39 is 23.7 Å². The number of hydrogen-bond acceptors (Lipinski definition) is 5. The Labute approximate surface area is 228 Å². The van der Waals surface area contributed by atoms with Crippen molar-refractivity contribution in [2.24, 2.45) is 0 Å². The molecule has 1 aliphatic heterocycles. The maximum Gasteiger partial charge on any atom is 0.347 e. The summed E-state index contributed by atoms with van der Waals surface area (Å²) in [6, 6.07) is 8.51. The van der Waals surface area contributed by atoms with Crippen molar-refractivity contribution in [3.63, 3.8) is 0 Å². The van der Waals surface area contributed by atoms with Gasteiger partial charge in [-0.05, 0) is 62.5 Å². The van der Waals surface area contributed by atoms with Crippen molar-refractivity contribution in [2.75, 3.05) is 23.9 Å². The molecule has 13 heteroatoms. The van der Waals surface area contributed by atoms with Gasteiger partial charge in [-0.1, -0.05) is 46.4 Å². The number of carbonyl (C=O) groups is 2. The Kier molecular flexibility index (Phi) is 8.62. The standard InChI is InChI=1S/C22H22Cl4N4O4S/c1-22(2)19(30(33)20(32)27-12-4-6-14(23)16(25)10-12)29(13-5-7-15(24)17(26)11-13)21(35)28(22)9-8-18(31)34-3/h4-7,10-11,19,33H,8-9H2,1-3H3,(H,27,32). The van der Waals surface area contributed by atoms with E-state index in [1.807, 2.05) is 0 Å². The monoisotopic (exact) mass is 578 g/mol. The minimum atomic E-state index is -1.02. The molecule has 2 N–H and O–H groups in total. The van der Waals surface area contributed by atoms with Gasteiger partial charge in [0, 0.05) is 17.9 Å². The van der Waals surface area contributed by atoms with Gasteiger partial charge in [-0.25, -0.2) is 4.79 Å². The van der Waals surface area contributed by atoms with E-state index >= 15 is 0 Å². The molecule has 0 bridgehead atoms. The van der Waals surface area contributed by atoms with Crippen LogP contribution in [0.5, 0.6) is 0 Å². The third kappa shape index (κ3) is 5.71. The quantitative estimate of drug-likeness (QED) is 0.180. The second-order valence-corrected chi connectivity index (χ2v) is 10.2. The van der Waals surface area contributed by atoms with Crippen LogP contribution in [-0.2, 0) is 9.53 Å². The molecule has 0 saturated carbocycles. The number of ether oxygens (including phenoxy) is 1. The van der Waals surface area contributed by atoms with E-state index in [0.717, 1.165) is 0 Å². The number of benzene rings is 2. The van der Waals surface area contributed by atoms with Crippen molar-refractivity contribution < 1.29 is 19.5 Å². The Morgan fingerprint density at radius 3 is 2.26 bits per heavy atom. The molecule has 35 heavy (non-hydrogen) atoms. The molecule has 1 atom stereocenters. The lowest BCUT2D eigenvalue weighted by Crippen LogP contribution is -2.58. The molecular weight excluding hydrogens is 558 g/mol. The average Bonchev–Trinajstić information content (AvgIpc) is 3.00. The van der Waals surface area contributed by atoms with E-state index in [1.165, 1.54) is 19.2 Å². The van der Waals surface area contributed by atoms with Crippen LogP contribution in [0.25, 0.3) is 0 Å². The SMILES string of the molecule is COC(=O)CCN1C(=S)N(c2ccc(Cl)c(Cl)c2)C(N(O)C(=O)Nc2ccc(Cl)c(Cl)c2)C1(C)C. The van der Waals surface area contributed by atoms with Gasteiger partial charge in [0.25, 0.3) is 0 Å². The highest BCUT2D eigenvalue weighted by Gasteiger charge is 2.54. The number of anilines is 2. The summed E-state index contributed by atoms with van der Waals surface area (Å²) in [5.74, 6) is -0.425. The van der Waals surface area contributed by atoms with Crippen molar-refractivity contribution in [1.82, 2.24) is 9.96 Å². The van der Waals surface area contributed by atoms with Gasteiger partial charge in [-0.15, -0.1) is 0 Å². The number of esters is 1. The predicted octanol–water partition coefficient (Wildman–Crippen LogP) is 6.30. The molecule has 0 spiro atoms. The minimum Gasteiger partial charge on any atom is -0.469 e. The fourth-order valence-electron chi connectivity index (χ4n) is 3.79. The number of methoxy groups -OCH3 is 1. The number of carbonyl (C=O) groups excluding carboxylic acids is 2. The lowest BCUT2D eigenvalue weighted by Gasteiger charge is -2.39. The number of nitrogens with one attached hydrogen (secondary N) is 1. The molecule has 188 valence electrons. The number of thiocarbonyl (C=S) groups is 1. The highest BCUT2D eigenvalue weighted by atomic mass is 35.5. The van der Waals surface area contributed by atoms with Crippen molar-refractivity contribution in [2.45, 2.75) is 32.0 Å². The summed E-state index contributed by atoms with van der Waals surface area (Å²) in [5.41, 5.74) is -0.143. The van der Waals surface area contributed by atoms with Gasteiger partial charge in [-0.3, -0.25) is 14.9 Å². The largest absolute Gasteiger partial charge is 0.469 e. The molecule has 2 amide bonds. The summed E-state index contributed by atoms with van der Waals surface area (Å²) in [6.07, 6.45) is -0.976. The smallest absolute Gasteiger partial charge is 0.347 e. The summed E-state index contributed by atoms with van der Waals surface area (Å²) >= 11 is 30.0. The van der Waals surface area contributed by atoms with Crippen LogP contribution in [0.3, 0.4) is 0 Å². The van der Waals surface area contributed by atoms with Crippen LogP contribution < -0.4 is 10.2 Å². The lowest BCUT2D eigenvalue weighted by atomic mass is 9.99. The van der Waals surface area contributed by atoms with Crippen LogP contribution in [0.4, 0.5) is 16.2 Å². The van der Waals surface area contributed by atoms with E-state index in [4.69, 9.17) is 63.4 Å². The zero-order valence-electron chi connectivity index (χ0n) is 18.9. The molecule has 0 aromatic heterocycles. The Morgan fingerprint density at radius 1 is 1.09 bits per heavy atom. The predicted molar refractivity (Wildman–Crippen MR) is 142 cm³/mol. The van der Waals surface area contributed by atoms with Gasteiger partial charge in [0.2, 0.25) is 0 Å². The summed E-state index contributed by atoms with van der Waals surface area (Å²) in [4.78, 5) is 28.2. The summed E-state index contributed by atoms with van der Waals surface area (Å²) in [6.45, 7) is 3.76. The maximum atomic E-state index is 13.1. The molecule has 1 unspecified atom stereocenters. The molecular formula is C22H22Cl4N4O4S. The molecule has 2 aromatic rings. The van der Waals surface area contributed by atoms with Crippen molar-refractivity contribution in [3.05, 3.63) is 56.5 Å². The first kappa shape index (κ1) is 27.6. The highest BCUT2D eigenvalue weighted by Crippen LogP contribution is 2.40. The maximum absolute atomic E-state index is 13.1. The van der Waals surface area contributed by atoms with Crippen LogP contribution in [0.15, 0.2) is 36.4 Å². The van der Waals surface area contributed by atoms with Crippen LogP contribution in [-0.4, -0.2) is 57.6 Å². The van der Waals surface area contributed by atoms with E-state index in [0.29, 0.717) is 26.5 Å². The van der Waals surface area contributed by atoms with Crippen molar-refractivity contribution in [3.8, 4) is 0 Å². The molecule has 1 heterocycles. The molecule has 1 saturated heterocycles. The Morgan fingerprint density at radius 2 is 1.69 bits per heavy atom. The zero-order valence-corrected chi connectivity index (χ0v) is 22.7. The number of urea groups is 1. The first-order valence-corrected chi connectivity index (χ1v) is 12.2. The third-order valence-corrected chi connectivity index (χ3v) is 7.46. The average molecular weight is 580 g/mol. The summed E-state index contributed by atoms with van der Waals surface area (Å²) in [5, 5.41) is 15.7. The van der Waals surface area contributed by atoms with Crippen LogP contribution in [0, 0.1) is 0 Å². The molecule has 0 aliphatic carbocycles. The van der Waals surface area contributed by atoms with Gasteiger partial charge >= 0.3 is 12.0 Å². The topological polar surface area (TPSA) is 85.3 Å². The number of halogens is 4. The number of nitrogens with zero attached hydrogens (tertiary/aromatic N) is 3. The molecule has 1 aliphatic rings. The van der Waals surface area contributed by atoms with Crippen LogP contribution in [0.1, 0.15) is 20.3 Å². The number of hydrogen-bond donors (Lipinski definition) is 2. The first-order valence-electron chi connectivity index (χ1n) is 10.2. The van der Waals surface area contributed by atoms with Gasteiger partial charge < -0.3 is 15.0 Å². The van der Waals surface area contributed by atoms with E-state index in [1.54, 1.807) is 47.9 Å². The molecule has 2 aromatic carbocycles. The summed E-state index contributed by atoms with van der Waals surface area (Å²) in [7, 11) is 1.30. The van der Waals surface area contributed by atoms with E-state index in [9.17, 15) is 14.8 Å². The lowest BCUT2D eigenvalue weighted by molar-refractivity contribution is -0.141. The fraction of sp³-hybridized carbons (Fsp3) is 0.318. The van der Waals surface area contributed by atoms with Gasteiger partial charge in [0.1, 0.15) is 0 Å². The normalized spacial score (nSPS) is 16.9. The Bertz CT molecular complexity index is 1170. The van der Waals surface area contributed by atoms with Crippen LogP contribution in [0.2, 0.25) is 20.1 Å². The van der Waals surface area contributed by atoms with Crippen LogP contribution >= 0.6 is 58.6 Å². The Balaban J connectivity index is 1.99. The van der Waals surface area contributed by atoms with Gasteiger partial charge in [-0.2, -0.15) is 5.06 Å². The molecule has 8 nitrogen and oxygen atoms in total. The zero-order chi connectivity index (χ0) is 26.1. The first-order chi connectivity index (χ1) is 16.4. The third-order valence-electron chi connectivity index (χ3n) is 5.57. The van der Waals surface area contributed by atoms with E-state index in [-0.39, 0.29) is 28.1 Å². The number of amides is 2. The highest BCUT2D eigenvalue weighted by molar-refractivity contribution is 7.80. The second kappa shape index (κ2) is 10.9. The molecule has 0 radical (unpaired) electrons. The second-order valence-electron chi connectivity index (χ2n) is 8.16.